The second kappa shape index (κ2) is 5.97. The normalized spacial score (nSPS) is 21.8. The van der Waals surface area contributed by atoms with E-state index in [9.17, 15) is 0 Å². The average Bonchev–Trinajstić information content (AvgIpc) is 2.20. The van der Waals surface area contributed by atoms with E-state index < -0.39 is 0 Å². The van der Waals surface area contributed by atoms with Crippen LogP contribution < -0.4 is 5.73 Å². The molecular weight excluding hydrogens is 176 g/mol. The first-order chi connectivity index (χ1) is 6.77. The van der Waals surface area contributed by atoms with E-state index in [1.165, 1.54) is 0 Å². The molecule has 0 bridgehead atoms. The topological polar surface area (TPSA) is 56.3 Å². The van der Waals surface area contributed by atoms with Crippen molar-refractivity contribution < 1.29 is 0 Å². The second-order valence-electron chi connectivity index (χ2n) is 3.88. The summed E-state index contributed by atoms with van der Waals surface area (Å²) in [6.07, 6.45) is 0.636. The highest BCUT2D eigenvalue weighted by atomic mass is 15.3. The number of nitriles is 1. The molecule has 1 atom stereocenters. The van der Waals surface area contributed by atoms with Crippen molar-refractivity contribution in [3.05, 3.63) is 0 Å². The molecule has 4 heteroatoms. The fourth-order valence-electron chi connectivity index (χ4n) is 1.87. The van der Waals surface area contributed by atoms with Gasteiger partial charge in [-0.2, -0.15) is 5.26 Å². The smallest absolute Gasteiger partial charge is 0.0638 e. The van der Waals surface area contributed by atoms with E-state index in [4.69, 9.17) is 11.0 Å². The molecule has 1 aliphatic rings. The van der Waals surface area contributed by atoms with Crippen LogP contribution in [0.4, 0.5) is 0 Å². The first-order valence-electron chi connectivity index (χ1n) is 5.31. The van der Waals surface area contributed by atoms with Gasteiger partial charge in [0, 0.05) is 45.3 Å². The van der Waals surface area contributed by atoms with E-state index in [1.54, 1.807) is 0 Å². The van der Waals surface area contributed by atoms with Crippen LogP contribution in [0.1, 0.15) is 13.3 Å². The zero-order valence-corrected chi connectivity index (χ0v) is 8.95. The van der Waals surface area contributed by atoms with Crippen molar-refractivity contribution in [1.82, 2.24) is 9.80 Å². The van der Waals surface area contributed by atoms with Gasteiger partial charge in [-0.1, -0.05) is 0 Å². The minimum atomic E-state index is 0.403. The van der Waals surface area contributed by atoms with Gasteiger partial charge in [-0.25, -0.2) is 0 Å². The van der Waals surface area contributed by atoms with Gasteiger partial charge in [0.2, 0.25) is 0 Å². The van der Waals surface area contributed by atoms with Gasteiger partial charge in [0.15, 0.2) is 0 Å². The van der Waals surface area contributed by atoms with E-state index >= 15 is 0 Å². The van der Waals surface area contributed by atoms with Gasteiger partial charge in [0.1, 0.15) is 0 Å². The van der Waals surface area contributed by atoms with Crippen LogP contribution in [-0.4, -0.2) is 55.1 Å². The summed E-state index contributed by atoms with van der Waals surface area (Å²) in [4.78, 5) is 4.77. The first kappa shape index (κ1) is 11.4. The summed E-state index contributed by atoms with van der Waals surface area (Å²) < 4.78 is 0. The van der Waals surface area contributed by atoms with Crippen molar-refractivity contribution in [3.63, 3.8) is 0 Å². The van der Waals surface area contributed by atoms with Crippen LogP contribution in [0, 0.1) is 11.3 Å². The average molecular weight is 196 g/mol. The molecule has 0 spiro atoms. The molecule has 0 aromatic rings. The molecule has 1 heterocycles. The predicted octanol–water partition coefficient (Wildman–Crippen LogP) is -0.135. The Hall–Kier alpha value is -0.630. The largest absolute Gasteiger partial charge is 0.329 e. The molecule has 80 valence electrons. The number of rotatable bonds is 4. The molecular formula is C10H20N4. The lowest BCUT2D eigenvalue weighted by Gasteiger charge is -2.37. The molecule has 1 rings (SSSR count). The standard InChI is InChI=1S/C10H20N4/c1-10(2-3-11)14-8-6-13(5-4-12)7-9-14/h10H,2,4-9,12H2,1H3. The molecule has 1 saturated heterocycles. The highest BCUT2D eigenvalue weighted by Gasteiger charge is 2.19. The molecule has 0 amide bonds. The summed E-state index contributed by atoms with van der Waals surface area (Å²) in [6, 6.07) is 2.63. The van der Waals surface area contributed by atoms with Gasteiger partial charge < -0.3 is 5.73 Å². The fourth-order valence-corrected chi connectivity index (χ4v) is 1.87. The molecule has 1 fully saturated rings. The van der Waals surface area contributed by atoms with E-state index in [0.29, 0.717) is 12.5 Å². The fraction of sp³-hybridized carbons (Fsp3) is 0.900. The summed E-state index contributed by atoms with van der Waals surface area (Å²) in [5.41, 5.74) is 5.50. The van der Waals surface area contributed by atoms with Crippen molar-refractivity contribution in [1.29, 1.82) is 5.26 Å². The summed E-state index contributed by atoms with van der Waals surface area (Å²) in [6.45, 7) is 8.20. The predicted molar refractivity (Wildman–Crippen MR) is 56.8 cm³/mol. The van der Waals surface area contributed by atoms with Crippen LogP contribution in [-0.2, 0) is 0 Å². The van der Waals surface area contributed by atoms with E-state index in [-0.39, 0.29) is 0 Å². The van der Waals surface area contributed by atoms with Crippen LogP contribution in [0.25, 0.3) is 0 Å². The minimum absolute atomic E-state index is 0.403. The Morgan fingerprint density at radius 3 is 2.50 bits per heavy atom. The quantitative estimate of drug-likeness (QED) is 0.680. The summed E-state index contributed by atoms with van der Waals surface area (Å²) in [5.74, 6) is 0. The molecule has 1 unspecified atom stereocenters. The highest BCUT2D eigenvalue weighted by Crippen LogP contribution is 2.07. The Kier molecular flexibility index (Phi) is 4.88. The molecule has 0 radical (unpaired) electrons. The molecule has 1 aliphatic heterocycles. The van der Waals surface area contributed by atoms with Crippen molar-refractivity contribution in [3.8, 4) is 6.07 Å². The summed E-state index contributed by atoms with van der Waals surface area (Å²) >= 11 is 0. The first-order valence-corrected chi connectivity index (χ1v) is 5.31. The maximum Gasteiger partial charge on any atom is 0.0638 e. The second-order valence-corrected chi connectivity index (χ2v) is 3.88. The monoisotopic (exact) mass is 196 g/mol. The molecule has 0 saturated carbocycles. The Balaban J connectivity index is 2.25. The van der Waals surface area contributed by atoms with E-state index in [0.717, 1.165) is 39.3 Å². The van der Waals surface area contributed by atoms with Gasteiger partial charge >= 0.3 is 0 Å². The summed E-state index contributed by atoms with van der Waals surface area (Å²) in [7, 11) is 0. The van der Waals surface area contributed by atoms with Crippen LogP contribution >= 0.6 is 0 Å². The zero-order chi connectivity index (χ0) is 10.4. The Bertz CT molecular complexity index is 191. The Morgan fingerprint density at radius 1 is 1.36 bits per heavy atom. The third-order valence-electron chi connectivity index (χ3n) is 2.86. The zero-order valence-electron chi connectivity index (χ0n) is 8.95. The van der Waals surface area contributed by atoms with E-state index in [1.807, 2.05) is 0 Å². The maximum atomic E-state index is 8.60. The van der Waals surface area contributed by atoms with Crippen LogP contribution in [0.15, 0.2) is 0 Å². The summed E-state index contributed by atoms with van der Waals surface area (Å²) in [5, 5.41) is 8.60. The number of hydrogen-bond donors (Lipinski definition) is 1. The molecule has 0 aromatic carbocycles. The SMILES string of the molecule is CC(CC#N)N1CCN(CCN)CC1. The van der Waals surface area contributed by atoms with Crippen molar-refractivity contribution in [2.45, 2.75) is 19.4 Å². The highest BCUT2D eigenvalue weighted by molar-refractivity contribution is 4.82. The number of piperazine rings is 1. The van der Waals surface area contributed by atoms with Gasteiger partial charge in [0.05, 0.1) is 12.5 Å². The van der Waals surface area contributed by atoms with Crippen LogP contribution in [0.5, 0.6) is 0 Å². The third kappa shape index (κ3) is 3.26. The lowest BCUT2D eigenvalue weighted by atomic mass is 10.2. The van der Waals surface area contributed by atoms with Gasteiger partial charge in [-0.15, -0.1) is 0 Å². The van der Waals surface area contributed by atoms with Crippen LogP contribution in [0.2, 0.25) is 0 Å². The lowest BCUT2D eigenvalue weighted by molar-refractivity contribution is 0.106. The van der Waals surface area contributed by atoms with Gasteiger partial charge in [0.25, 0.3) is 0 Å². The Labute approximate surface area is 86.3 Å². The number of hydrogen-bond acceptors (Lipinski definition) is 4. The van der Waals surface area contributed by atoms with Crippen molar-refractivity contribution in [2.75, 3.05) is 39.3 Å². The van der Waals surface area contributed by atoms with Gasteiger partial charge in [-0.05, 0) is 6.92 Å². The van der Waals surface area contributed by atoms with Gasteiger partial charge in [-0.3, -0.25) is 9.80 Å². The lowest BCUT2D eigenvalue weighted by Crippen LogP contribution is -2.50. The third-order valence-corrected chi connectivity index (χ3v) is 2.86. The number of nitrogens with zero attached hydrogens (tertiary/aromatic N) is 3. The molecule has 0 aliphatic carbocycles. The number of nitrogens with two attached hydrogens (primary N) is 1. The molecule has 14 heavy (non-hydrogen) atoms. The molecule has 0 aromatic heterocycles. The maximum absolute atomic E-state index is 8.60. The van der Waals surface area contributed by atoms with Crippen LogP contribution in [0.3, 0.4) is 0 Å². The molecule has 2 N–H and O–H groups in total. The Morgan fingerprint density at radius 2 is 2.00 bits per heavy atom. The molecule has 4 nitrogen and oxygen atoms in total. The van der Waals surface area contributed by atoms with Crippen molar-refractivity contribution in [2.24, 2.45) is 5.73 Å². The minimum Gasteiger partial charge on any atom is -0.329 e. The van der Waals surface area contributed by atoms with E-state index in [2.05, 4.69) is 22.8 Å². The van der Waals surface area contributed by atoms with Crippen molar-refractivity contribution >= 4 is 0 Å².